The van der Waals surface area contributed by atoms with E-state index in [0.717, 1.165) is 0 Å². The molecule has 0 spiro atoms. The molecule has 2 N–H and O–H groups in total. The highest BCUT2D eigenvalue weighted by atomic mass is 17.2. The van der Waals surface area contributed by atoms with Gasteiger partial charge in [-0.05, 0) is 0 Å². The van der Waals surface area contributed by atoms with Crippen LogP contribution in [0.3, 0.4) is 0 Å². The molecule has 0 fully saturated rings. The summed E-state index contributed by atoms with van der Waals surface area (Å²) in [4.78, 5) is 19.5. The molecule has 90 valence electrons. The van der Waals surface area contributed by atoms with E-state index in [2.05, 4.69) is 9.78 Å². The number of ether oxygens (including phenoxy) is 2. The second-order valence-electron chi connectivity index (χ2n) is 2.64. The summed E-state index contributed by atoms with van der Waals surface area (Å²) in [5, 5.41) is 0. The largest absolute Gasteiger partial charge is 0.378 e. The molecule has 0 rings (SSSR count). The van der Waals surface area contributed by atoms with E-state index in [1.165, 1.54) is 0 Å². The average molecular weight is 221 g/mol. The first-order valence-electron chi connectivity index (χ1n) is 4.99. The fourth-order valence-corrected chi connectivity index (χ4v) is 0.665. The van der Waals surface area contributed by atoms with Gasteiger partial charge in [0.05, 0.1) is 26.4 Å². The maximum Gasteiger partial charge on any atom is 0.342 e. The van der Waals surface area contributed by atoms with Crippen molar-refractivity contribution in [3.8, 4) is 0 Å². The van der Waals surface area contributed by atoms with E-state index in [1.807, 2.05) is 0 Å². The zero-order valence-electron chi connectivity index (χ0n) is 9.07. The molecule has 0 heterocycles. The second-order valence-corrected chi connectivity index (χ2v) is 2.64. The first-order chi connectivity index (χ1) is 7.31. The van der Waals surface area contributed by atoms with Gasteiger partial charge in [0.1, 0.15) is 6.61 Å². The highest BCUT2D eigenvalue weighted by Crippen LogP contribution is 1.86. The fraction of sp³-hybridized carbons (Fsp3) is 0.889. The number of hydrogen-bond acceptors (Lipinski definition) is 6. The summed E-state index contributed by atoms with van der Waals surface area (Å²) < 4.78 is 10.2. The molecule has 6 heteroatoms. The number of nitrogens with two attached hydrogens (primary N) is 1. The minimum Gasteiger partial charge on any atom is -0.378 e. The summed E-state index contributed by atoms with van der Waals surface area (Å²) in [5.41, 5.74) is 5.22. The Morgan fingerprint density at radius 2 is 1.67 bits per heavy atom. The predicted molar refractivity (Wildman–Crippen MR) is 53.0 cm³/mol. The van der Waals surface area contributed by atoms with Crippen molar-refractivity contribution in [1.82, 2.24) is 0 Å². The minimum atomic E-state index is -0.388. The van der Waals surface area contributed by atoms with Crippen LogP contribution in [0.4, 0.5) is 0 Å². The van der Waals surface area contributed by atoms with Crippen molar-refractivity contribution in [2.45, 2.75) is 13.3 Å². The smallest absolute Gasteiger partial charge is 0.342 e. The quantitative estimate of drug-likeness (QED) is 0.314. The van der Waals surface area contributed by atoms with Gasteiger partial charge >= 0.3 is 5.97 Å². The Kier molecular flexibility index (Phi) is 10.9. The van der Waals surface area contributed by atoms with Gasteiger partial charge in [-0.3, -0.25) is 4.89 Å². The first-order valence-corrected chi connectivity index (χ1v) is 4.99. The van der Waals surface area contributed by atoms with Crippen LogP contribution in [0.2, 0.25) is 0 Å². The number of carbonyl (C=O) groups excluding carboxylic acids is 1. The standard InChI is InChI=1S/C9H19NO5/c1-2-9(11)15-14-8-7-13-6-5-12-4-3-10/h2-8,10H2,1H3. The monoisotopic (exact) mass is 221 g/mol. The Morgan fingerprint density at radius 3 is 2.27 bits per heavy atom. The van der Waals surface area contributed by atoms with Crippen LogP contribution < -0.4 is 5.73 Å². The van der Waals surface area contributed by atoms with Crippen molar-refractivity contribution in [3.63, 3.8) is 0 Å². The Morgan fingerprint density at radius 1 is 1.07 bits per heavy atom. The van der Waals surface area contributed by atoms with Crippen LogP contribution >= 0.6 is 0 Å². The van der Waals surface area contributed by atoms with Gasteiger partial charge in [0, 0.05) is 13.0 Å². The lowest BCUT2D eigenvalue weighted by Crippen LogP contribution is -2.14. The molecule has 0 bridgehead atoms. The molecule has 0 aliphatic carbocycles. The topological polar surface area (TPSA) is 80.0 Å². The third-order valence-corrected chi connectivity index (χ3v) is 1.39. The van der Waals surface area contributed by atoms with Gasteiger partial charge in [0.2, 0.25) is 0 Å². The molecule has 0 aliphatic heterocycles. The van der Waals surface area contributed by atoms with Crippen molar-refractivity contribution in [3.05, 3.63) is 0 Å². The Labute approximate surface area is 89.5 Å². The Hall–Kier alpha value is -0.690. The lowest BCUT2D eigenvalue weighted by molar-refractivity contribution is -0.276. The van der Waals surface area contributed by atoms with E-state index in [4.69, 9.17) is 15.2 Å². The van der Waals surface area contributed by atoms with E-state index in [9.17, 15) is 4.79 Å². The van der Waals surface area contributed by atoms with E-state index >= 15 is 0 Å². The molecule has 6 nitrogen and oxygen atoms in total. The van der Waals surface area contributed by atoms with Crippen LogP contribution in [0.15, 0.2) is 0 Å². The van der Waals surface area contributed by atoms with Crippen LogP contribution in [0, 0.1) is 0 Å². The van der Waals surface area contributed by atoms with Crippen molar-refractivity contribution in [2.75, 3.05) is 39.6 Å². The van der Waals surface area contributed by atoms with Gasteiger partial charge in [0.25, 0.3) is 0 Å². The Balaban J connectivity index is 2.95. The SMILES string of the molecule is CCC(=O)OOCCOCCOCCN. The molecule has 0 saturated heterocycles. The lowest BCUT2D eigenvalue weighted by Gasteiger charge is -2.05. The summed E-state index contributed by atoms with van der Waals surface area (Å²) in [6, 6.07) is 0. The average Bonchev–Trinajstić information content (AvgIpc) is 2.26. The van der Waals surface area contributed by atoms with Crippen molar-refractivity contribution >= 4 is 5.97 Å². The zero-order valence-corrected chi connectivity index (χ0v) is 9.07. The molecule has 0 radical (unpaired) electrons. The van der Waals surface area contributed by atoms with Gasteiger partial charge < -0.3 is 15.2 Å². The van der Waals surface area contributed by atoms with Crippen molar-refractivity contribution in [2.24, 2.45) is 5.73 Å². The molecule has 0 amide bonds. The van der Waals surface area contributed by atoms with Gasteiger partial charge in [-0.25, -0.2) is 4.79 Å². The maximum atomic E-state index is 10.6. The first kappa shape index (κ1) is 14.3. The van der Waals surface area contributed by atoms with Crippen LogP contribution in [0.25, 0.3) is 0 Å². The van der Waals surface area contributed by atoms with Gasteiger partial charge in [-0.2, -0.15) is 4.89 Å². The highest BCUT2D eigenvalue weighted by molar-refractivity contribution is 5.68. The number of carbonyl (C=O) groups is 1. The molecule has 0 aromatic heterocycles. The molecule has 0 aliphatic rings. The fourth-order valence-electron chi connectivity index (χ4n) is 0.665. The molecule has 15 heavy (non-hydrogen) atoms. The number of rotatable bonds is 10. The normalized spacial score (nSPS) is 10.3. The summed E-state index contributed by atoms with van der Waals surface area (Å²) >= 11 is 0. The van der Waals surface area contributed by atoms with Crippen LogP contribution in [0.1, 0.15) is 13.3 Å². The summed E-state index contributed by atoms with van der Waals surface area (Å²) in [6.45, 7) is 4.31. The summed E-state index contributed by atoms with van der Waals surface area (Å²) in [7, 11) is 0. The van der Waals surface area contributed by atoms with Crippen LogP contribution in [-0.2, 0) is 24.0 Å². The molecule has 0 aromatic rings. The van der Waals surface area contributed by atoms with E-state index < -0.39 is 0 Å². The van der Waals surface area contributed by atoms with E-state index in [0.29, 0.717) is 39.4 Å². The maximum absolute atomic E-state index is 10.6. The van der Waals surface area contributed by atoms with Crippen LogP contribution in [0.5, 0.6) is 0 Å². The van der Waals surface area contributed by atoms with Crippen molar-refractivity contribution in [1.29, 1.82) is 0 Å². The zero-order chi connectivity index (χ0) is 11.4. The predicted octanol–water partition coefficient (Wildman–Crippen LogP) is -0.137. The number of hydrogen-bond donors (Lipinski definition) is 1. The molecule has 0 saturated carbocycles. The van der Waals surface area contributed by atoms with Gasteiger partial charge in [0.15, 0.2) is 0 Å². The van der Waals surface area contributed by atoms with Gasteiger partial charge in [-0.15, -0.1) is 0 Å². The van der Waals surface area contributed by atoms with Gasteiger partial charge in [-0.1, -0.05) is 6.92 Å². The van der Waals surface area contributed by atoms with E-state index in [1.54, 1.807) is 6.92 Å². The Bertz CT molecular complexity index is 153. The highest BCUT2D eigenvalue weighted by Gasteiger charge is 1.98. The molecule has 0 aromatic carbocycles. The molecule has 0 unspecified atom stereocenters. The third-order valence-electron chi connectivity index (χ3n) is 1.39. The summed E-state index contributed by atoms with van der Waals surface area (Å²) in [6.07, 6.45) is 0.299. The third kappa shape index (κ3) is 11.2. The molecule has 0 atom stereocenters. The second kappa shape index (κ2) is 11.4. The van der Waals surface area contributed by atoms with E-state index in [-0.39, 0.29) is 12.6 Å². The molecular formula is C9H19NO5. The molecular weight excluding hydrogens is 202 g/mol. The lowest BCUT2D eigenvalue weighted by atomic mass is 10.5. The minimum absolute atomic E-state index is 0.225. The van der Waals surface area contributed by atoms with Crippen LogP contribution in [-0.4, -0.2) is 45.5 Å². The summed E-state index contributed by atoms with van der Waals surface area (Å²) in [5.74, 6) is -0.388. The van der Waals surface area contributed by atoms with Crippen molar-refractivity contribution < 1.29 is 24.0 Å².